The number of likely N-dealkylation sites (N-methyl/N-ethyl adjacent to an activating group) is 1. The Labute approximate surface area is 72.8 Å². The SMILES string of the molecule is CCNCC(N)c1cnn(C)c1. The Morgan fingerprint density at radius 2 is 2.50 bits per heavy atom. The Balaban J connectivity index is 2.47. The molecule has 0 spiro atoms. The maximum Gasteiger partial charge on any atom is 0.0537 e. The Hall–Kier alpha value is -0.870. The fourth-order valence-electron chi connectivity index (χ4n) is 1.05. The van der Waals surface area contributed by atoms with Gasteiger partial charge in [-0.3, -0.25) is 4.68 Å². The van der Waals surface area contributed by atoms with Gasteiger partial charge in [0.15, 0.2) is 0 Å². The van der Waals surface area contributed by atoms with Crippen LogP contribution in [-0.4, -0.2) is 22.9 Å². The molecule has 0 amide bonds. The van der Waals surface area contributed by atoms with Gasteiger partial charge in [-0.05, 0) is 6.54 Å². The van der Waals surface area contributed by atoms with E-state index in [4.69, 9.17) is 5.73 Å². The van der Waals surface area contributed by atoms with Gasteiger partial charge in [0.05, 0.1) is 6.20 Å². The smallest absolute Gasteiger partial charge is 0.0537 e. The van der Waals surface area contributed by atoms with Crippen LogP contribution in [0.5, 0.6) is 0 Å². The Kier molecular flexibility index (Phi) is 3.25. The maximum absolute atomic E-state index is 5.88. The molecule has 1 heterocycles. The molecule has 0 aliphatic rings. The molecule has 4 heteroatoms. The first-order valence-electron chi connectivity index (χ1n) is 4.19. The average molecular weight is 168 g/mol. The average Bonchev–Trinajstić information content (AvgIpc) is 2.47. The number of hydrogen-bond donors (Lipinski definition) is 2. The van der Waals surface area contributed by atoms with E-state index in [2.05, 4.69) is 17.3 Å². The van der Waals surface area contributed by atoms with Gasteiger partial charge in [-0.2, -0.15) is 5.10 Å². The van der Waals surface area contributed by atoms with E-state index in [0.717, 1.165) is 18.7 Å². The number of nitrogens with two attached hydrogens (primary N) is 1. The lowest BCUT2D eigenvalue weighted by molar-refractivity contribution is 0.615. The molecule has 68 valence electrons. The summed E-state index contributed by atoms with van der Waals surface area (Å²) in [6, 6.07) is 0.0543. The maximum atomic E-state index is 5.88. The van der Waals surface area contributed by atoms with E-state index in [1.807, 2.05) is 19.4 Å². The molecule has 0 radical (unpaired) electrons. The van der Waals surface area contributed by atoms with E-state index in [0.29, 0.717) is 0 Å². The second kappa shape index (κ2) is 4.23. The van der Waals surface area contributed by atoms with E-state index in [-0.39, 0.29) is 6.04 Å². The number of hydrogen-bond acceptors (Lipinski definition) is 3. The summed E-state index contributed by atoms with van der Waals surface area (Å²) in [5.41, 5.74) is 6.96. The van der Waals surface area contributed by atoms with Gasteiger partial charge in [0.1, 0.15) is 0 Å². The minimum atomic E-state index is 0.0543. The highest BCUT2D eigenvalue weighted by atomic mass is 15.2. The second-order valence-electron chi connectivity index (χ2n) is 2.86. The van der Waals surface area contributed by atoms with Crippen LogP contribution < -0.4 is 11.1 Å². The monoisotopic (exact) mass is 168 g/mol. The van der Waals surface area contributed by atoms with Crippen molar-refractivity contribution in [1.82, 2.24) is 15.1 Å². The first-order valence-corrected chi connectivity index (χ1v) is 4.19. The zero-order valence-corrected chi connectivity index (χ0v) is 7.62. The fraction of sp³-hybridized carbons (Fsp3) is 0.625. The minimum Gasteiger partial charge on any atom is -0.323 e. The van der Waals surface area contributed by atoms with Crippen LogP contribution in [0.3, 0.4) is 0 Å². The van der Waals surface area contributed by atoms with E-state index in [1.165, 1.54) is 0 Å². The van der Waals surface area contributed by atoms with Gasteiger partial charge in [-0.25, -0.2) is 0 Å². The van der Waals surface area contributed by atoms with Crippen LogP contribution in [0, 0.1) is 0 Å². The first kappa shape index (κ1) is 9.22. The quantitative estimate of drug-likeness (QED) is 0.667. The Morgan fingerprint density at radius 3 is 3.00 bits per heavy atom. The van der Waals surface area contributed by atoms with Crippen LogP contribution in [-0.2, 0) is 7.05 Å². The van der Waals surface area contributed by atoms with Crippen molar-refractivity contribution in [3.63, 3.8) is 0 Å². The van der Waals surface area contributed by atoms with Crippen LogP contribution in [0.4, 0.5) is 0 Å². The Bertz CT molecular complexity index is 231. The number of aryl methyl sites for hydroxylation is 1. The van der Waals surface area contributed by atoms with Crippen molar-refractivity contribution in [3.05, 3.63) is 18.0 Å². The fourth-order valence-corrected chi connectivity index (χ4v) is 1.05. The topological polar surface area (TPSA) is 55.9 Å². The molecule has 1 aromatic heterocycles. The van der Waals surface area contributed by atoms with E-state index < -0.39 is 0 Å². The molecule has 3 N–H and O–H groups in total. The van der Waals surface area contributed by atoms with Crippen LogP contribution in [0.25, 0.3) is 0 Å². The molecule has 4 nitrogen and oxygen atoms in total. The molecule has 1 unspecified atom stereocenters. The van der Waals surface area contributed by atoms with Crippen molar-refractivity contribution in [2.45, 2.75) is 13.0 Å². The largest absolute Gasteiger partial charge is 0.323 e. The summed E-state index contributed by atoms with van der Waals surface area (Å²) in [4.78, 5) is 0. The molecule has 1 aromatic rings. The molecule has 0 fully saturated rings. The van der Waals surface area contributed by atoms with Crippen molar-refractivity contribution in [3.8, 4) is 0 Å². The molecule has 1 rings (SSSR count). The lowest BCUT2D eigenvalue weighted by Gasteiger charge is -2.08. The van der Waals surface area contributed by atoms with Gasteiger partial charge in [0.2, 0.25) is 0 Å². The predicted molar refractivity (Wildman–Crippen MR) is 48.7 cm³/mol. The number of nitrogens with zero attached hydrogens (tertiary/aromatic N) is 2. The van der Waals surface area contributed by atoms with Gasteiger partial charge >= 0.3 is 0 Å². The van der Waals surface area contributed by atoms with Crippen LogP contribution in [0.1, 0.15) is 18.5 Å². The summed E-state index contributed by atoms with van der Waals surface area (Å²) in [5, 5.41) is 7.25. The molecule has 1 atom stereocenters. The molecule has 12 heavy (non-hydrogen) atoms. The molecule has 0 saturated carbocycles. The molecule has 0 aromatic carbocycles. The van der Waals surface area contributed by atoms with Crippen LogP contribution in [0.15, 0.2) is 12.4 Å². The van der Waals surface area contributed by atoms with E-state index in [1.54, 1.807) is 4.68 Å². The lowest BCUT2D eigenvalue weighted by atomic mass is 10.2. The standard InChI is InChI=1S/C8H16N4/c1-3-10-5-8(9)7-4-11-12(2)6-7/h4,6,8,10H,3,5,9H2,1-2H3. The lowest BCUT2D eigenvalue weighted by Crippen LogP contribution is -2.26. The minimum absolute atomic E-state index is 0.0543. The third-order valence-corrected chi connectivity index (χ3v) is 1.77. The Morgan fingerprint density at radius 1 is 1.75 bits per heavy atom. The third kappa shape index (κ3) is 2.32. The summed E-state index contributed by atoms with van der Waals surface area (Å²) < 4.78 is 1.77. The summed E-state index contributed by atoms with van der Waals surface area (Å²) in [7, 11) is 1.89. The van der Waals surface area contributed by atoms with E-state index >= 15 is 0 Å². The number of rotatable bonds is 4. The molecular formula is C8H16N4. The van der Waals surface area contributed by atoms with Crippen molar-refractivity contribution < 1.29 is 0 Å². The number of aromatic nitrogens is 2. The van der Waals surface area contributed by atoms with Crippen LogP contribution >= 0.6 is 0 Å². The summed E-state index contributed by atoms with van der Waals surface area (Å²) >= 11 is 0. The molecule has 0 saturated heterocycles. The molecular weight excluding hydrogens is 152 g/mol. The van der Waals surface area contributed by atoms with Gasteiger partial charge in [-0.15, -0.1) is 0 Å². The molecule has 0 aliphatic carbocycles. The summed E-state index contributed by atoms with van der Waals surface area (Å²) in [5.74, 6) is 0. The third-order valence-electron chi connectivity index (χ3n) is 1.77. The highest BCUT2D eigenvalue weighted by molar-refractivity contribution is 5.09. The number of nitrogens with one attached hydrogen (secondary N) is 1. The van der Waals surface area contributed by atoms with Gasteiger partial charge in [-0.1, -0.05) is 6.92 Å². The van der Waals surface area contributed by atoms with Crippen molar-refractivity contribution >= 4 is 0 Å². The zero-order valence-electron chi connectivity index (χ0n) is 7.62. The van der Waals surface area contributed by atoms with Crippen molar-refractivity contribution in [2.24, 2.45) is 12.8 Å². The van der Waals surface area contributed by atoms with Gasteiger partial charge in [0, 0.05) is 31.4 Å². The predicted octanol–water partition coefficient (Wildman–Crippen LogP) is 0.0294. The first-order chi connectivity index (χ1) is 5.74. The zero-order chi connectivity index (χ0) is 8.97. The van der Waals surface area contributed by atoms with Crippen molar-refractivity contribution in [2.75, 3.05) is 13.1 Å². The van der Waals surface area contributed by atoms with Crippen molar-refractivity contribution in [1.29, 1.82) is 0 Å². The van der Waals surface area contributed by atoms with E-state index in [9.17, 15) is 0 Å². The molecule has 0 aliphatic heterocycles. The second-order valence-corrected chi connectivity index (χ2v) is 2.86. The van der Waals surface area contributed by atoms with Crippen LogP contribution in [0.2, 0.25) is 0 Å². The summed E-state index contributed by atoms with van der Waals surface area (Å²) in [6.07, 6.45) is 3.75. The van der Waals surface area contributed by atoms with Gasteiger partial charge in [0.25, 0.3) is 0 Å². The normalized spacial score (nSPS) is 13.2. The molecule has 0 bridgehead atoms. The summed E-state index contributed by atoms with van der Waals surface area (Å²) in [6.45, 7) is 3.83. The highest BCUT2D eigenvalue weighted by Gasteiger charge is 2.05. The van der Waals surface area contributed by atoms with Gasteiger partial charge < -0.3 is 11.1 Å². The highest BCUT2D eigenvalue weighted by Crippen LogP contribution is 2.06.